The Hall–Kier alpha value is -3.97. The number of aromatic amines is 1. The van der Waals surface area contributed by atoms with E-state index in [9.17, 15) is 29.1 Å². The maximum Gasteiger partial charge on any atom is 0.326 e. The fourth-order valence-electron chi connectivity index (χ4n) is 4.46. The first-order valence-corrected chi connectivity index (χ1v) is 13.9. The van der Waals surface area contributed by atoms with Gasteiger partial charge in [-0.25, -0.2) is 4.79 Å². The standard InChI is InChI=1S/C28H43N7O6/c1-16(2)13-23(35-25(37)19(30)14-17-15-32-20-8-4-3-7-18(17)20)27(39)33-21(10-11-24(31)36)26(38)34-22(28(40)41)9-5-6-12-29/h3-4,7-8,15-16,19,21-23,32H,5-6,9-14,29-30H2,1-2H3,(H2,31,36)(H,33,39)(H,34,38)(H,35,37)(H,40,41). The molecule has 1 heterocycles. The number of aliphatic carboxylic acids is 1. The lowest BCUT2D eigenvalue weighted by Gasteiger charge is -2.26. The molecule has 11 N–H and O–H groups in total. The first-order valence-electron chi connectivity index (χ1n) is 13.9. The van der Waals surface area contributed by atoms with Crippen molar-refractivity contribution in [1.29, 1.82) is 0 Å². The Morgan fingerprint density at radius 1 is 0.902 bits per heavy atom. The normalized spacial score (nSPS) is 14.2. The molecule has 1 aromatic heterocycles. The number of carbonyl (C=O) groups excluding carboxylic acids is 4. The van der Waals surface area contributed by atoms with Gasteiger partial charge in [-0.3, -0.25) is 19.2 Å². The van der Waals surface area contributed by atoms with Crippen LogP contribution in [0.4, 0.5) is 0 Å². The van der Waals surface area contributed by atoms with Gasteiger partial charge in [0.05, 0.1) is 6.04 Å². The van der Waals surface area contributed by atoms with Crippen molar-refractivity contribution in [1.82, 2.24) is 20.9 Å². The molecule has 226 valence electrons. The smallest absolute Gasteiger partial charge is 0.326 e. The van der Waals surface area contributed by atoms with Crippen LogP contribution in [-0.4, -0.2) is 70.4 Å². The number of amides is 4. The third-order valence-electron chi connectivity index (χ3n) is 6.67. The van der Waals surface area contributed by atoms with Crippen LogP contribution in [0.5, 0.6) is 0 Å². The van der Waals surface area contributed by atoms with Crippen molar-refractivity contribution in [2.45, 2.75) is 83.0 Å². The van der Waals surface area contributed by atoms with Crippen LogP contribution in [-0.2, 0) is 30.4 Å². The van der Waals surface area contributed by atoms with Gasteiger partial charge in [-0.05, 0) is 62.6 Å². The minimum absolute atomic E-state index is 0.00674. The van der Waals surface area contributed by atoms with Gasteiger partial charge in [0.1, 0.15) is 18.1 Å². The van der Waals surface area contributed by atoms with Gasteiger partial charge in [-0.2, -0.15) is 0 Å². The van der Waals surface area contributed by atoms with Crippen LogP contribution in [0.15, 0.2) is 30.5 Å². The first kappa shape index (κ1) is 33.2. The Morgan fingerprint density at radius 2 is 1.54 bits per heavy atom. The van der Waals surface area contributed by atoms with E-state index in [0.29, 0.717) is 19.4 Å². The molecule has 0 aliphatic heterocycles. The number of fused-ring (bicyclic) bond motifs is 1. The van der Waals surface area contributed by atoms with Crippen LogP contribution in [0.25, 0.3) is 10.9 Å². The van der Waals surface area contributed by atoms with Crippen LogP contribution in [0.1, 0.15) is 57.9 Å². The highest BCUT2D eigenvalue weighted by Gasteiger charge is 2.31. The lowest BCUT2D eigenvalue weighted by molar-refractivity contribution is -0.142. The molecule has 0 aliphatic rings. The number of nitrogens with one attached hydrogen (secondary N) is 4. The summed E-state index contributed by atoms with van der Waals surface area (Å²) in [7, 11) is 0. The van der Waals surface area contributed by atoms with Crippen LogP contribution in [0.3, 0.4) is 0 Å². The minimum atomic E-state index is -1.25. The van der Waals surface area contributed by atoms with E-state index in [0.717, 1.165) is 16.5 Å². The molecule has 41 heavy (non-hydrogen) atoms. The van der Waals surface area contributed by atoms with E-state index in [-0.39, 0.29) is 38.0 Å². The first-order chi connectivity index (χ1) is 19.4. The van der Waals surface area contributed by atoms with Crippen molar-refractivity contribution < 1.29 is 29.1 Å². The minimum Gasteiger partial charge on any atom is -0.480 e. The fourth-order valence-corrected chi connectivity index (χ4v) is 4.46. The maximum atomic E-state index is 13.3. The summed E-state index contributed by atoms with van der Waals surface area (Å²) in [5, 5.41) is 18.2. The van der Waals surface area contributed by atoms with E-state index in [4.69, 9.17) is 17.2 Å². The number of H-pyrrole nitrogens is 1. The molecule has 0 spiro atoms. The van der Waals surface area contributed by atoms with Crippen LogP contribution < -0.4 is 33.2 Å². The number of nitrogens with two attached hydrogens (primary N) is 3. The van der Waals surface area contributed by atoms with Gasteiger partial charge in [-0.1, -0.05) is 32.0 Å². The molecular weight excluding hydrogens is 530 g/mol. The van der Waals surface area contributed by atoms with E-state index >= 15 is 0 Å². The Labute approximate surface area is 239 Å². The van der Waals surface area contributed by atoms with Gasteiger partial charge in [0, 0.05) is 23.5 Å². The third-order valence-corrected chi connectivity index (χ3v) is 6.67. The number of rotatable bonds is 18. The summed E-state index contributed by atoms with van der Waals surface area (Å²) in [6.45, 7) is 4.12. The molecule has 0 saturated heterocycles. The second-order valence-electron chi connectivity index (χ2n) is 10.6. The highest BCUT2D eigenvalue weighted by Crippen LogP contribution is 2.19. The van der Waals surface area contributed by atoms with Gasteiger partial charge in [0.2, 0.25) is 23.6 Å². The molecule has 4 amide bonds. The average molecular weight is 574 g/mol. The number of carboxylic acids is 1. The summed E-state index contributed by atoms with van der Waals surface area (Å²) in [6.07, 6.45) is 3.11. The third kappa shape index (κ3) is 10.8. The van der Waals surface area contributed by atoms with Gasteiger partial charge in [-0.15, -0.1) is 0 Å². The lowest BCUT2D eigenvalue weighted by atomic mass is 10.0. The zero-order chi connectivity index (χ0) is 30.5. The summed E-state index contributed by atoms with van der Waals surface area (Å²) in [4.78, 5) is 65.6. The molecule has 2 rings (SSSR count). The monoisotopic (exact) mass is 573 g/mol. The fraction of sp³-hybridized carbons (Fsp3) is 0.536. The van der Waals surface area contributed by atoms with Crippen molar-refractivity contribution in [3.8, 4) is 0 Å². The number of primary amides is 1. The van der Waals surface area contributed by atoms with Crippen LogP contribution >= 0.6 is 0 Å². The molecule has 1 aromatic carbocycles. The van der Waals surface area contributed by atoms with E-state index in [1.165, 1.54) is 0 Å². The van der Waals surface area contributed by atoms with E-state index in [2.05, 4.69) is 20.9 Å². The Kier molecular flexibility index (Phi) is 13.2. The summed E-state index contributed by atoms with van der Waals surface area (Å²) >= 11 is 0. The number of aromatic nitrogens is 1. The quantitative estimate of drug-likeness (QED) is 0.113. The number of unbranched alkanes of at least 4 members (excludes halogenated alkanes) is 1. The van der Waals surface area contributed by atoms with Gasteiger partial charge < -0.3 is 43.2 Å². The summed E-state index contributed by atoms with van der Waals surface area (Å²) < 4.78 is 0. The summed E-state index contributed by atoms with van der Waals surface area (Å²) in [6, 6.07) is 3.19. The number of carboxylic acid groups (broad SMARTS) is 1. The van der Waals surface area contributed by atoms with Gasteiger partial charge in [0.25, 0.3) is 0 Å². The molecule has 2 aromatic rings. The van der Waals surface area contributed by atoms with E-state index in [1.54, 1.807) is 6.20 Å². The predicted octanol–water partition coefficient (Wildman–Crippen LogP) is 0.0173. The molecule has 0 saturated carbocycles. The molecule has 0 aliphatic carbocycles. The molecular formula is C28H43N7O6. The highest BCUT2D eigenvalue weighted by atomic mass is 16.4. The van der Waals surface area contributed by atoms with Crippen LogP contribution in [0, 0.1) is 5.92 Å². The Balaban J connectivity index is 2.13. The van der Waals surface area contributed by atoms with Crippen molar-refractivity contribution in [3.63, 3.8) is 0 Å². The Bertz CT molecular complexity index is 1200. The largest absolute Gasteiger partial charge is 0.480 e. The zero-order valence-corrected chi connectivity index (χ0v) is 23.7. The van der Waals surface area contributed by atoms with Gasteiger partial charge in [0.15, 0.2) is 0 Å². The lowest BCUT2D eigenvalue weighted by Crippen LogP contribution is -2.57. The van der Waals surface area contributed by atoms with Gasteiger partial charge >= 0.3 is 5.97 Å². The number of hydrogen-bond acceptors (Lipinski definition) is 7. The maximum absolute atomic E-state index is 13.3. The van der Waals surface area contributed by atoms with Crippen molar-refractivity contribution in [3.05, 3.63) is 36.0 Å². The van der Waals surface area contributed by atoms with Crippen molar-refractivity contribution in [2.24, 2.45) is 23.1 Å². The van der Waals surface area contributed by atoms with E-state index in [1.807, 2.05) is 38.1 Å². The zero-order valence-electron chi connectivity index (χ0n) is 23.7. The SMILES string of the molecule is CC(C)CC(NC(=O)C(N)Cc1c[nH]c2ccccc12)C(=O)NC(CCC(N)=O)C(=O)NC(CCCCN)C(=O)O. The molecule has 13 heteroatoms. The Morgan fingerprint density at radius 3 is 2.17 bits per heavy atom. The highest BCUT2D eigenvalue weighted by molar-refractivity contribution is 5.94. The molecule has 0 radical (unpaired) electrons. The number of benzene rings is 1. The molecule has 4 atom stereocenters. The molecule has 13 nitrogen and oxygen atoms in total. The van der Waals surface area contributed by atoms with Crippen molar-refractivity contribution in [2.75, 3.05) is 6.54 Å². The molecule has 0 bridgehead atoms. The number of para-hydroxylation sites is 1. The number of carbonyl (C=O) groups is 5. The summed E-state index contributed by atoms with van der Waals surface area (Å²) in [5.41, 5.74) is 18.7. The average Bonchev–Trinajstić information content (AvgIpc) is 3.32. The molecule has 0 fully saturated rings. The summed E-state index contributed by atoms with van der Waals surface area (Å²) in [5.74, 6) is -3.90. The second-order valence-corrected chi connectivity index (χ2v) is 10.6. The predicted molar refractivity (Wildman–Crippen MR) is 154 cm³/mol. The van der Waals surface area contributed by atoms with Crippen LogP contribution in [0.2, 0.25) is 0 Å². The number of hydrogen-bond donors (Lipinski definition) is 8. The molecule has 4 unspecified atom stereocenters. The van der Waals surface area contributed by atoms with E-state index < -0.39 is 53.8 Å². The van der Waals surface area contributed by atoms with Crippen molar-refractivity contribution >= 4 is 40.5 Å². The second kappa shape index (κ2) is 16.3. The topological polar surface area (TPSA) is 236 Å².